The molecule has 0 spiro atoms. The van der Waals surface area contributed by atoms with E-state index >= 15 is 0 Å². The van der Waals surface area contributed by atoms with Crippen LogP contribution >= 0.6 is 0 Å². The molecule has 0 saturated heterocycles. The molecule has 0 amide bonds. The monoisotopic (exact) mass is 170 g/mol. The van der Waals surface area contributed by atoms with Gasteiger partial charge in [0.25, 0.3) is 0 Å². The Morgan fingerprint density at radius 2 is 1.17 bits per heavy atom. The third kappa shape index (κ3) is 1.67. The summed E-state index contributed by atoms with van der Waals surface area (Å²) >= 11 is 0. The first kappa shape index (κ1) is 8.59. The van der Waals surface area contributed by atoms with E-state index in [1.807, 2.05) is 0 Å². The third-order valence-corrected chi connectivity index (χ3v) is 4.14. The zero-order valence-corrected chi connectivity index (χ0v) is 8.55. The molecule has 4 unspecified atom stereocenters. The predicted molar refractivity (Wildman–Crippen MR) is 57.2 cm³/mol. The standard InChI is InChI=1S/C12H22.2H2/c1-9-3-5-12-8-10(2)4-6-11(12)7-9;;/h9-12H,3-8H2,1-2H3;2*1H. The van der Waals surface area contributed by atoms with E-state index in [-0.39, 0.29) is 2.85 Å². The Morgan fingerprint density at radius 1 is 0.750 bits per heavy atom. The second-order valence-corrected chi connectivity index (χ2v) is 5.36. The highest BCUT2D eigenvalue weighted by Gasteiger charge is 2.32. The Bertz CT molecular complexity index is 140. The Kier molecular flexibility index (Phi) is 2.43. The molecule has 4 atom stereocenters. The largest absolute Gasteiger partial charge is 0.0625 e. The van der Waals surface area contributed by atoms with E-state index in [4.69, 9.17) is 0 Å². The van der Waals surface area contributed by atoms with Crippen molar-refractivity contribution in [3.63, 3.8) is 0 Å². The normalized spacial score (nSPS) is 48.5. The summed E-state index contributed by atoms with van der Waals surface area (Å²) < 4.78 is 0. The maximum Gasteiger partial charge on any atom is 0 e. The topological polar surface area (TPSA) is 0 Å². The predicted octanol–water partition coefficient (Wildman–Crippen LogP) is 4.35. The average molecular weight is 170 g/mol. The zero-order valence-electron chi connectivity index (χ0n) is 8.55. The molecule has 2 aliphatic rings. The molecule has 2 rings (SSSR count). The number of fused-ring (bicyclic) bond motifs is 1. The summed E-state index contributed by atoms with van der Waals surface area (Å²) in [6.45, 7) is 4.88. The lowest BCUT2D eigenvalue weighted by atomic mass is 9.65. The van der Waals surface area contributed by atoms with Crippen molar-refractivity contribution in [3.8, 4) is 0 Å². The van der Waals surface area contributed by atoms with Crippen LogP contribution < -0.4 is 0 Å². The van der Waals surface area contributed by atoms with Crippen LogP contribution in [0.15, 0.2) is 0 Å². The van der Waals surface area contributed by atoms with Gasteiger partial charge in [0.05, 0.1) is 0 Å². The van der Waals surface area contributed by atoms with Gasteiger partial charge in [-0.2, -0.15) is 0 Å². The average Bonchev–Trinajstić information content (AvgIpc) is 2.05. The van der Waals surface area contributed by atoms with E-state index < -0.39 is 0 Å². The van der Waals surface area contributed by atoms with Crippen LogP contribution in [0.5, 0.6) is 0 Å². The van der Waals surface area contributed by atoms with Crippen LogP contribution in [-0.4, -0.2) is 0 Å². The molecule has 2 saturated carbocycles. The van der Waals surface area contributed by atoms with Crippen molar-refractivity contribution in [2.24, 2.45) is 23.7 Å². The molecular weight excluding hydrogens is 144 g/mol. The summed E-state index contributed by atoms with van der Waals surface area (Å²) in [6.07, 6.45) is 9.17. The van der Waals surface area contributed by atoms with Gasteiger partial charge in [0.1, 0.15) is 0 Å². The minimum Gasteiger partial charge on any atom is -0.0625 e. The molecule has 2 fully saturated rings. The molecule has 0 nitrogen and oxygen atoms in total. The first-order valence-corrected chi connectivity index (χ1v) is 5.75. The fourth-order valence-electron chi connectivity index (χ4n) is 3.36. The fourth-order valence-corrected chi connectivity index (χ4v) is 3.36. The lowest BCUT2D eigenvalue weighted by Crippen LogP contribution is -2.29. The summed E-state index contributed by atoms with van der Waals surface area (Å²) in [6, 6.07) is 0. The molecule has 0 aromatic rings. The van der Waals surface area contributed by atoms with Gasteiger partial charge in [-0.05, 0) is 49.4 Å². The SMILES string of the molecule is CC1CCC2CC(C)CCC2C1.[HH].[HH]. The van der Waals surface area contributed by atoms with Gasteiger partial charge in [-0.25, -0.2) is 0 Å². The zero-order chi connectivity index (χ0) is 8.55. The van der Waals surface area contributed by atoms with Gasteiger partial charge in [-0.15, -0.1) is 0 Å². The molecule has 0 radical (unpaired) electrons. The molecule has 0 N–H and O–H groups in total. The molecule has 0 aromatic heterocycles. The smallest absolute Gasteiger partial charge is 0 e. The summed E-state index contributed by atoms with van der Waals surface area (Å²) in [4.78, 5) is 0. The van der Waals surface area contributed by atoms with Gasteiger partial charge in [-0.3, -0.25) is 0 Å². The molecule has 0 aromatic carbocycles. The maximum atomic E-state index is 2.44. The first-order valence-electron chi connectivity index (χ1n) is 5.75. The summed E-state index contributed by atoms with van der Waals surface area (Å²) in [5.41, 5.74) is 0. The summed E-state index contributed by atoms with van der Waals surface area (Å²) in [7, 11) is 0. The first-order chi connectivity index (χ1) is 5.75. The van der Waals surface area contributed by atoms with E-state index in [1.165, 1.54) is 38.5 Å². The highest BCUT2D eigenvalue weighted by Crippen LogP contribution is 2.44. The van der Waals surface area contributed by atoms with Gasteiger partial charge in [0.2, 0.25) is 0 Å². The van der Waals surface area contributed by atoms with Crippen molar-refractivity contribution in [2.45, 2.75) is 52.4 Å². The van der Waals surface area contributed by atoms with Crippen molar-refractivity contribution >= 4 is 0 Å². The van der Waals surface area contributed by atoms with Crippen molar-refractivity contribution in [2.75, 3.05) is 0 Å². The Hall–Kier alpha value is 0. The molecule has 0 heteroatoms. The molecule has 2 aliphatic carbocycles. The van der Waals surface area contributed by atoms with Gasteiger partial charge in [0.15, 0.2) is 0 Å². The number of hydrogen-bond acceptors (Lipinski definition) is 0. The van der Waals surface area contributed by atoms with Crippen LogP contribution in [0.25, 0.3) is 0 Å². The summed E-state index contributed by atoms with van der Waals surface area (Å²) in [5.74, 6) is 4.29. The Morgan fingerprint density at radius 3 is 1.58 bits per heavy atom. The van der Waals surface area contributed by atoms with Crippen molar-refractivity contribution in [1.29, 1.82) is 0 Å². The lowest BCUT2D eigenvalue weighted by Gasteiger charge is -2.40. The van der Waals surface area contributed by atoms with Crippen LogP contribution in [0.3, 0.4) is 0 Å². The molecule has 0 aliphatic heterocycles. The van der Waals surface area contributed by atoms with Crippen LogP contribution in [-0.2, 0) is 0 Å². The van der Waals surface area contributed by atoms with E-state index in [0.717, 1.165) is 23.7 Å². The van der Waals surface area contributed by atoms with Gasteiger partial charge in [-0.1, -0.05) is 26.7 Å². The highest BCUT2D eigenvalue weighted by molar-refractivity contribution is 4.83. The van der Waals surface area contributed by atoms with E-state index in [9.17, 15) is 0 Å². The highest BCUT2D eigenvalue weighted by atomic mass is 14.4. The van der Waals surface area contributed by atoms with Crippen LogP contribution in [0, 0.1) is 23.7 Å². The van der Waals surface area contributed by atoms with Crippen molar-refractivity contribution in [1.82, 2.24) is 0 Å². The number of rotatable bonds is 0. The summed E-state index contributed by atoms with van der Waals surface area (Å²) in [5, 5.41) is 0. The van der Waals surface area contributed by atoms with Crippen LogP contribution in [0.2, 0.25) is 0 Å². The maximum absolute atomic E-state index is 2.44. The quantitative estimate of drug-likeness (QED) is 0.507. The van der Waals surface area contributed by atoms with E-state index in [0.29, 0.717) is 0 Å². The van der Waals surface area contributed by atoms with Crippen molar-refractivity contribution in [3.05, 3.63) is 0 Å². The fraction of sp³-hybridized carbons (Fsp3) is 1.00. The molecular formula is C12H26. The second-order valence-electron chi connectivity index (χ2n) is 5.36. The molecule has 0 heterocycles. The molecule has 0 bridgehead atoms. The minimum atomic E-state index is 0. The van der Waals surface area contributed by atoms with Crippen LogP contribution in [0.4, 0.5) is 0 Å². The van der Waals surface area contributed by atoms with Gasteiger partial charge in [0, 0.05) is 2.85 Å². The second kappa shape index (κ2) is 3.40. The van der Waals surface area contributed by atoms with E-state index in [2.05, 4.69) is 13.8 Å². The Labute approximate surface area is 79.7 Å². The van der Waals surface area contributed by atoms with E-state index in [1.54, 1.807) is 0 Å². The van der Waals surface area contributed by atoms with Crippen LogP contribution in [0.1, 0.15) is 55.2 Å². The van der Waals surface area contributed by atoms with Crippen molar-refractivity contribution < 1.29 is 2.85 Å². The molecule has 74 valence electrons. The lowest BCUT2D eigenvalue weighted by molar-refractivity contribution is 0.109. The minimum absolute atomic E-state index is 0. The number of hydrogen-bond donors (Lipinski definition) is 0. The Balaban J connectivity index is 0.000000845. The van der Waals surface area contributed by atoms with Gasteiger partial charge < -0.3 is 0 Å². The third-order valence-electron chi connectivity index (χ3n) is 4.14. The van der Waals surface area contributed by atoms with Gasteiger partial charge >= 0.3 is 0 Å². The molecule has 12 heavy (non-hydrogen) atoms.